The molecule has 0 saturated heterocycles. The first-order chi connectivity index (χ1) is 23.6. The van der Waals surface area contributed by atoms with Crippen LogP contribution in [-0.4, -0.2) is 108 Å². The molecule has 19 heteroatoms. The molecule has 7 unspecified atom stereocenters. The summed E-state index contributed by atoms with van der Waals surface area (Å²) in [5, 5.41) is 37.0. The molecule has 0 aromatic heterocycles. The van der Waals surface area contributed by atoms with Gasteiger partial charge in [-0.05, 0) is 74.0 Å². The third-order valence-electron chi connectivity index (χ3n) is 10.6. The molecule has 5 aliphatic carbocycles. The van der Waals surface area contributed by atoms with E-state index in [1.807, 2.05) is 0 Å². The van der Waals surface area contributed by atoms with Crippen LogP contribution >= 0.6 is 0 Å². The number of carbonyl (C=O) groups excluding carboxylic acids is 3. The highest BCUT2D eigenvalue weighted by molar-refractivity contribution is 6.01. The van der Waals surface area contributed by atoms with Crippen LogP contribution in [0.15, 0.2) is 23.8 Å². The van der Waals surface area contributed by atoms with E-state index in [2.05, 4.69) is 9.68 Å². The number of aliphatic carboxylic acids is 1. The fourth-order valence-electron chi connectivity index (χ4n) is 8.73. The van der Waals surface area contributed by atoms with E-state index in [1.54, 1.807) is 6.92 Å². The van der Waals surface area contributed by atoms with Crippen LogP contribution in [0.5, 0.6) is 0 Å². The third kappa shape index (κ3) is 7.78. The predicted octanol–water partition coefficient (Wildman–Crippen LogP) is 1.94. The normalized spacial score (nSPS) is 34.3. The highest BCUT2D eigenvalue weighted by atomic mass is 19.1. The molecule has 50 heavy (non-hydrogen) atoms. The Morgan fingerprint density at radius 3 is 2.30 bits per heavy atom. The molecule has 1 spiro atoms. The van der Waals surface area contributed by atoms with Crippen LogP contribution in [0.25, 0.3) is 0 Å². The molecule has 17 nitrogen and oxygen atoms in total. The summed E-state index contributed by atoms with van der Waals surface area (Å²) in [4.78, 5) is 74.4. The average molecular weight is 719 g/mol. The lowest BCUT2D eigenvalue weighted by atomic mass is 9.47. The van der Waals surface area contributed by atoms with Gasteiger partial charge in [0.2, 0.25) is 0 Å². The summed E-state index contributed by atoms with van der Waals surface area (Å²) >= 11 is 0. The fraction of sp³-hybridized carbons (Fsp3) is 0.742. The predicted molar refractivity (Wildman–Crippen MR) is 160 cm³/mol. The van der Waals surface area contributed by atoms with Crippen LogP contribution in [0, 0.1) is 54.7 Å². The summed E-state index contributed by atoms with van der Waals surface area (Å²) in [7, 11) is 0. The van der Waals surface area contributed by atoms with Crippen molar-refractivity contribution in [3.05, 3.63) is 44.0 Å². The maximum absolute atomic E-state index is 17.1. The first-order valence-electron chi connectivity index (χ1n) is 16.2. The summed E-state index contributed by atoms with van der Waals surface area (Å²) < 4.78 is 47.8. The van der Waals surface area contributed by atoms with Gasteiger partial charge in [-0.3, -0.25) is 14.4 Å². The molecule has 0 heterocycles. The quantitative estimate of drug-likeness (QED) is 0.0945. The minimum Gasteiger partial charge on any atom is -0.481 e. The van der Waals surface area contributed by atoms with Gasteiger partial charge in [-0.1, -0.05) is 6.08 Å². The van der Waals surface area contributed by atoms with Crippen molar-refractivity contribution in [2.75, 3.05) is 46.2 Å². The van der Waals surface area contributed by atoms with Crippen LogP contribution in [0.2, 0.25) is 0 Å². The number of allylic oxidation sites excluding steroid dienone is 4. The Morgan fingerprint density at radius 2 is 1.62 bits per heavy atom. The molecule has 2 N–H and O–H groups in total. The number of carboxylic acid groups (broad SMARTS) is 1. The number of rotatable bonds is 17. The van der Waals surface area contributed by atoms with Crippen LogP contribution in [-0.2, 0) is 43.1 Å². The Hall–Kier alpha value is -4.10. The number of carbonyl (C=O) groups is 4. The second-order valence-corrected chi connectivity index (χ2v) is 13.1. The maximum atomic E-state index is 17.1. The lowest BCUT2D eigenvalue weighted by Gasteiger charge is -2.60. The zero-order chi connectivity index (χ0) is 36.9. The highest BCUT2D eigenvalue weighted by Crippen LogP contribution is 2.80. The van der Waals surface area contributed by atoms with E-state index < -0.39 is 81.7 Å². The molecule has 5 aliphatic rings. The maximum Gasteiger partial charge on any atom is 0.332 e. The number of alkyl halides is 2. The molecule has 0 aromatic rings. The number of aliphatic hydroxyl groups is 1. The monoisotopic (exact) mass is 718 g/mol. The molecule has 5 rings (SSSR count). The SMILES string of the molecule is CC12C=CC(=O)C=C1[C@@H](F)CC1C3CCC4C(C(=O)COC(=O)COCCOCCO[N+](=O)[O-])C43CC(O)[C@@]12F.O=C(O)CCCO[N+](=O)[O-]. The van der Waals surface area contributed by atoms with Gasteiger partial charge < -0.3 is 34.1 Å². The van der Waals surface area contributed by atoms with E-state index in [9.17, 15) is 44.5 Å². The summed E-state index contributed by atoms with van der Waals surface area (Å²) in [6.45, 7) is 0.343. The van der Waals surface area contributed by atoms with Crippen molar-refractivity contribution in [1.29, 1.82) is 0 Å². The van der Waals surface area contributed by atoms with Crippen molar-refractivity contribution in [3.63, 3.8) is 0 Å². The topological polar surface area (TPSA) is 241 Å². The minimum absolute atomic E-state index is 0.0207. The minimum atomic E-state index is -2.17. The van der Waals surface area contributed by atoms with Gasteiger partial charge in [-0.25, -0.2) is 13.6 Å². The number of aliphatic hydroxyl groups excluding tert-OH is 1. The van der Waals surface area contributed by atoms with Crippen molar-refractivity contribution in [1.82, 2.24) is 0 Å². The molecule has 278 valence electrons. The Bertz CT molecular complexity index is 1390. The highest BCUT2D eigenvalue weighted by Gasteiger charge is 2.81. The molecule has 9 atom stereocenters. The van der Waals surface area contributed by atoms with Gasteiger partial charge in [0.05, 0.1) is 32.5 Å². The second kappa shape index (κ2) is 15.8. The summed E-state index contributed by atoms with van der Waals surface area (Å²) in [5.41, 5.74) is -4.22. The molecule has 0 aliphatic heterocycles. The summed E-state index contributed by atoms with van der Waals surface area (Å²) in [6.07, 6.45) is 2.03. The number of fused-ring (bicyclic) bond motifs is 4. The van der Waals surface area contributed by atoms with Crippen molar-refractivity contribution >= 4 is 23.5 Å². The Morgan fingerprint density at radius 1 is 0.980 bits per heavy atom. The Kier molecular flexibility index (Phi) is 12.3. The first-order valence-corrected chi connectivity index (χ1v) is 16.2. The van der Waals surface area contributed by atoms with E-state index >= 15 is 8.78 Å². The van der Waals surface area contributed by atoms with E-state index in [4.69, 9.17) is 19.3 Å². The molecular formula is C31H40F2N2O15. The largest absolute Gasteiger partial charge is 0.481 e. The van der Waals surface area contributed by atoms with Gasteiger partial charge in [0.15, 0.2) is 17.2 Å². The van der Waals surface area contributed by atoms with Crippen molar-refractivity contribution in [2.24, 2.45) is 34.5 Å². The number of ketones is 2. The molecule has 0 amide bonds. The molecular weight excluding hydrogens is 678 g/mol. The summed E-state index contributed by atoms with van der Waals surface area (Å²) in [6, 6.07) is 0. The number of carboxylic acids is 1. The molecule has 0 aromatic carbocycles. The number of hydrogen-bond acceptors (Lipinski definition) is 14. The number of hydrogen-bond donors (Lipinski definition) is 2. The smallest absolute Gasteiger partial charge is 0.332 e. The van der Waals surface area contributed by atoms with Crippen molar-refractivity contribution in [2.45, 2.75) is 63.4 Å². The summed E-state index contributed by atoms with van der Waals surface area (Å²) in [5.74, 6) is -4.15. The number of esters is 1. The zero-order valence-corrected chi connectivity index (χ0v) is 27.2. The van der Waals surface area contributed by atoms with Crippen LogP contribution in [0.1, 0.15) is 45.4 Å². The number of nitrogens with zero attached hydrogens (tertiary/aromatic N) is 2. The van der Waals surface area contributed by atoms with Gasteiger partial charge >= 0.3 is 11.9 Å². The third-order valence-corrected chi connectivity index (χ3v) is 10.6. The first kappa shape index (κ1) is 38.7. The molecule has 4 saturated carbocycles. The van der Waals surface area contributed by atoms with E-state index in [-0.39, 0.29) is 81.9 Å². The van der Waals surface area contributed by atoms with E-state index in [0.29, 0.717) is 12.8 Å². The lowest BCUT2D eigenvalue weighted by molar-refractivity contribution is -0.758. The lowest BCUT2D eigenvalue weighted by Crippen LogP contribution is -2.67. The van der Waals surface area contributed by atoms with Gasteiger partial charge in [0.1, 0.15) is 26.0 Å². The van der Waals surface area contributed by atoms with Crippen molar-refractivity contribution < 1.29 is 72.2 Å². The van der Waals surface area contributed by atoms with Crippen LogP contribution in [0.3, 0.4) is 0 Å². The van der Waals surface area contributed by atoms with Gasteiger partial charge in [0, 0.05) is 23.7 Å². The van der Waals surface area contributed by atoms with Gasteiger partial charge in [-0.2, -0.15) is 0 Å². The molecule has 0 bridgehead atoms. The zero-order valence-electron chi connectivity index (χ0n) is 27.2. The number of halogens is 2. The fourth-order valence-corrected chi connectivity index (χ4v) is 8.73. The second-order valence-electron chi connectivity index (χ2n) is 13.1. The molecule has 0 radical (unpaired) electrons. The number of Topliss-reactive ketones (excluding diaryl/α,β-unsaturated/α-hetero) is 1. The van der Waals surface area contributed by atoms with Gasteiger partial charge in [0.25, 0.3) is 10.2 Å². The standard InChI is InChI=1S/C27H33F2NO10.C4H7NO5/c1-25-5-4-15(31)10-19(25)20(28)11-18-16-2-3-17-24(26(16,17)12-22(33)27(18,25)29)21(32)13-39-23(34)14-38-7-6-37-8-9-40-30(35)36;6-4(7)2-1-3-10-5(8)9/h4-5,10,16-18,20,22,24,33H,2-3,6-9,11-14H2,1H3;1-3H2,(H,6,7)/t16?,17?,18?,20-,22?,24?,25?,26?,27-;/m0./s1. The Balaban J connectivity index is 0.000000490. The average Bonchev–Trinajstić information content (AvgIpc) is 3.52. The van der Waals surface area contributed by atoms with Crippen molar-refractivity contribution in [3.8, 4) is 0 Å². The van der Waals surface area contributed by atoms with E-state index in [1.165, 1.54) is 12.2 Å². The van der Waals surface area contributed by atoms with E-state index in [0.717, 1.165) is 6.08 Å². The van der Waals surface area contributed by atoms with Crippen LogP contribution < -0.4 is 0 Å². The van der Waals surface area contributed by atoms with Crippen LogP contribution in [0.4, 0.5) is 8.78 Å². The Labute approximate surface area is 284 Å². The van der Waals surface area contributed by atoms with Gasteiger partial charge in [-0.15, -0.1) is 20.2 Å². The number of ether oxygens (including phenoxy) is 3. The molecule has 4 fully saturated rings.